The highest BCUT2D eigenvalue weighted by atomic mass is 35.5. The Morgan fingerprint density at radius 3 is 1.94 bits per heavy atom. The number of nitrogens with one attached hydrogen (secondary N) is 2. The highest BCUT2D eigenvalue weighted by Gasteiger charge is 2.10. The van der Waals surface area contributed by atoms with Crippen LogP contribution in [0.25, 0.3) is 0 Å². The van der Waals surface area contributed by atoms with Gasteiger partial charge in [0.25, 0.3) is 17.5 Å². The van der Waals surface area contributed by atoms with Gasteiger partial charge in [0.15, 0.2) is 0 Å². The summed E-state index contributed by atoms with van der Waals surface area (Å²) in [5.41, 5.74) is 4.95. The molecule has 31 heavy (non-hydrogen) atoms. The van der Waals surface area contributed by atoms with Crippen LogP contribution in [0.15, 0.2) is 77.9 Å². The van der Waals surface area contributed by atoms with Gasteiger partial charge in [-0.15, -0.1) is 0 Å². The molecule has 2 N–H and O–H groups in total. The topological polar surface area (TPSA) is 114 Å². The lowest BCUT2D eigenvalue weighted by Crippen LogP contribution is -2.19. The average Bonchev–Trinajstić information content (AvgIpc) is 2.78. The van der Waals surface area contributed by atoms with Crippen molar-refractivity contribution in [1.82, 2.24) is 5.43 Å². The van der Waals surface area contributed by atoms with Crippen molar-refractivity contribution >= 4 is 40.5 Å². The summed E-state index contributed by atoms with van der Waals surface area (Å²) in [6.45, 7) is 1.72. The van der Waals surface area contributed by atoms with Gasteiger partial charge in [-0.2, -0.15) is 5.10 Å². The predicted molar refractivity (Wildman–Crippen MR) is 119 cm³/mol. The zero-order valence-electron chi connectivity index (χ0n) is 16.3. The van der Waals surface area contributed by atoms with E-state index in [1.54, 1.807) is 55.5 Å². The van der Waals surface area contributed by atoms with E-state index in [4.69, 9.17) is 11.6 Å². The first kappa shape index (κ1) is 21.7. The van der Waals surface area contributed by atoms with Crippen LogP contribution in [0.2, 0.25) is 5.02 Å². The second kappa shape index (κ2) is 9.64. The summed E-state index contributed by atoms with van der Waals surface area (Å²) >= 11 is 5.83. The molecule has 0 unspecified atom stereocenters. The van der Waals surface area contributed by atoms with Crippen molar-refractivity contribution in [3.8, 4) is 0 Å². The van der Waals surface area contributed by atoms with Crippen molar-refractivity contribution in [1.29, 1.82) is 0 Å². The quantitative estimate of drug-likeness (QED) is 0.332. The molecule has 156 valence electrons. The molecule has 2 amide bonds. The minimum absolute atomic E-state index is 0.0977. The van der Waals surface area contributed by atoms with Crippen LogP contribution in [0.4, 0.5) is 11.4 Å². The van der Waals surface area contributed by atoms with Gasteiger partial charge in [-0.1, -0.05) is 23.7 Å². The molecule has 8 nitrogen and oxygen atoms in total. The van der Waals surface area contributed by atoms with Gasteiger partial charge in [0.05, 0.1) is 10.6 Å². The van der Waals surface area contributed by atoms with Crippen molar-refractivity contribution in [2.24, 2.45) is 5.10 Å². The maximum absolute atomic E-state index is 12.3. The van der Waals surface area contributed by atoms with Gasteiger partial charge in [0.2, 0.25) is 0 Å². The number of rotatable bonds is 6. The summed E-state index contributed by atoms with van der Waals surface area (Å²) in [7, 11) is 0. The molecule has 0 radical (unpaired) electrons. The van der Waals surface area contributed by atoms with E-state index in [0.717, 1.165) is 5.56 Å². The SMILES string of the molecule is C/C(=N/NC(=O)c1ccc([N+](=O)[O-])cc1)c1ccc(NC(=O)c2ccc(Cl)cc2)cc1. The number of hydrogen-bond acceptors (Lipinski definition) is 5. The Bertz CT molecular complexity index is 1140. The number of anilines is 1. The lowest BCUT2D eigenvalue weighted by Gasteiger charge is -2.07. The third kappa shape index (κ3) is 5.74. The van der Waals surface area contributed by atoms with Crippen molar-refractivity contribution in [2.45, 2.75) is 6.92 Å². The first-order chi connectivity index (χ1) is 14.8. The Hall–Kier alpha value is -4.04. The summed E-state index contributed by atoms with van der Waals surface area (Å²) in [6.07, 6.45) is 0. The van der Waals surface area contributed by atoms with E-state index in [1.807, 2.05) is 0 Å². The van der Waals surface area contributed by atoms with Crippen LogP contribution in [0.1, 0.15) is 33.2 Å². The maximum atomic E-state index is 12.3. The van der Waals surface area contributed by atoms with Crippen LogP contribution in [0.5, 0.6) is 0 Å². The second-order valence-corrected chi connectivity index (χ2v) is 6.92. The van der Waals surface area contributed by atoms with E-state index in [9.17, 15) is 19.7 Å². The molecule has 0 aliphatic heterocycles. The molecule has 0 aromatic heterocycles. The third-order valence-corrected chi connectivity index (χ3v) is 4.58. The lowest BCUT2D eigenvalue weighted by atomic mass is 10.1. The highest BCUT2D eigenvalue weighted by molar-refractivity contribution is 6.30. The molecule has 3 aromatic carbocycles. The predicted octanol–water partition coefficient (Wildman–Crippen LogP) is 4.65. The molecule has 3 rings (SSSR count). The van der Waals surface area contributed by atoms with Crippen molar-refractivity contribution in [3.63, 3.8) is 0 Å². The van der Waals surface area contributed by atoms with E-state index >= 15 is 0 Å². The smallest absolute Gasteiger partial charge is 0.271 e. The van der Waals surface area contributed by atoms with Gasteiger partial charge in [0.1, 0.15) is 0 Å². The number of nitro benzene ring substituents is 1. The van der Waals surface area contributed by atoms with E-state index < -0.39 is 10.8 Å². The van der Waals surface area contributed by atoms with Gasteiger partial charge in [-0.25, -0.2) is 5.43 Å². The minimum Gasteiger partial charge on any atom is -0.322 e. The Morgan fingerprint density at radius 1 is 0.839 bits per heavy atom. The van der Waals surface area contributed by atoms with Crippen molar-refractivity contribution < 1.29 is 14.5 Å². The molecule has 0 aliphatic carbocycles. The van der Waals surface area contributed by atoms with E-state index in [2.05, 4.69) is 15.8 Å². The fourth-order valence-electron chi connectivity index (χ4n) is 2.60. The number of non-ortho nitro benzene ring substituents is 1. The van der Waals surface area contributed by atoms with Gasteiger partial charge in [0, 0.05) is 34.0 Å². The fraction of sp³-hybridized carbons (Fsp3) is 0.0455. The first-order valence-electron chi connectivity index (χ1n) is 9.10. The number of carbonyl (C=O) groups excluding carboxylic acids is 2. The molecule has 0 spiro atoms. The Balaban J connectivity index is 1.61. The summed E-state index contributed by atoms with van der Waals surface area (Å²) in [6, 6.07) is 18.7. The number of hydrogen-bond donors (Lipinski definition) is 2. The molecule has 0 saturated carbocycles. The molecule has 0 fully saturated rings. The Morgan fingerprint density at radius 2 is 1.35 bits per heavy atom. The van der Waals surface area contributed by atoms with Gasteiger partial charge in [-0.05, 0) is 61.0 Å². The van der Waals surface area contributed by atoms with Crippen LogP contribution < -0.4 is 10.7 Å². The zero-order chi connectivity index (χ0) is 22.4. The van der Waals surface area contributed by atoms with Crippen LogP contribution >= 0.6 is 11.6 Å². The number of nitro groups is 1. The largest absolute Gasteiger partial charge is 0.322 e. The molecule has 0 bridgehead atoms. The zero-order valence-corrected chi connectivity index (χ0v) is 17.1. The Kier molecular flexibility index (Phi) is 6.74. The molecular formula is C22H17ClN4O4. The fourth-order valence-corrected chi connectivity index (χ4v) is 2.72. The highest BCUT2D eigenvalue weighted by Crippen LogP contribution is 2.15. The molecule has 0 saturated heterocycles. The summed E-state index contributed by atoms with van der Waals surface area (Å²) in [4.78, 5) is 34.5. The monoisotopic (exact) mass is 436 g/mol. The summed E-state index contributed by atoms with van der Waals surface area (Å²) < 4.78 is 0. The van der Waals surface area contributed by atoms with Gasteiger partial charge < -0.3 is 5.32 Å². The number of amides is 2. The second-order valence-electron chi connectivity index (χ2n) is 6.48. The first-order valence-corrected chi connectivity index (χ1v) is 9.48. The third-order valence-electron chi connectivity index (χ3n) is 4.33. The summed E-state index contributed by atoms with van der Waals surface area (Å²) in [5, 5.41) is 18.1. The number of halogens is 1. The molecule has 9 heteroatoms. The van der Waals surface area contributed by atoms with Gasteiger partial charge >= 0.3 is 0 Å². The maximum Gasteiger partial charge on any atom is 0.271 e. The van der Waals surface area contributed by atoms with Crippen molar-refractivity contribution in [2.75, 3.05) is 5.32 Å². The minimum atomic E-state index is -0.536. The van der Waals surface area contributed by atoms with Crippen LogP contribution in [0, 0.1) is 10.1 Å². The standard InChI is InChI=1S/C22H17ClN4O4/c1-14(25-26-22(29)17-6-12-20(13-7-17)27(30)31)15-4-10-19(11-5-15)24-21(28)16-2-8-18(23)9-3-16/h2-13H,1H3,(H,24,28)(H,26,29)/b25-14-. The summed E-state index contributed by atoms with van der Waals surface area (Å²) in [5.74, 6) is -0.744. The molecule has 0 aliphatic rings. The molecular weight excluding hydrogens is 420 g/mol. The average molecular weight is 437 g/mol. The number of nitrogens with zero attached hydrogens (tertiary/aromatic N) is 2. The molecule has 0 atom stereocenters. The molecule has 3 aromatic rings. The van der Waals surface area contributed by atoms with E-state index in [0.29, 0.717) is 22.0 Å². The number of carbonyl (C=O) groups is 2. The van der Waals surface area contributed by atoms with Crippen LogP contribution in [-0.4, -0.2) is 22.4 Å². The lowest BCUT2D eigenvalue weighted by molar-refractivity contribution is -0.384. The number of benzene rings is 3. The molecule has 0 heterocycles. The van der Waals surface area contributed by atoms with Crippen LogP contribution in [0.3, 0.4) is 0 Å². The number of hydrazone groups is 1. The van der Waals surface area contributed by atoms with Crippen LogP contribution in [-0.2, 0) is 0 Å². The van der Waals surface area contributed by atoms with Crippen molar-refractivity contribution in [3.05, 3.63) is 105 Å². The van der Waals surface area contributed by atoms with Gasteiger partial charge in [-0.3, -0.25) is 19.7 Å². The normalized spacial score (nSPS) is 11.0. The Labute approximate surface area is 182 Å². The van der Waals surface area contributed by atoms with E-state index in [1.165, 1.54) is 24.3 Å². The van der Waals surface area contributed by atoms with E-state index in [-0.39, 0.29) is 17.2 Å².